The van der Waals surface area contributed by atoms with E-state index in [1.807, 2.05) is 6.92 Å². The van der Waals surface area contributed by atoms with Gasteiger partial charge in [0, 0.05) is 33.3 Å². The highest BCUT2D eigenvalue weighted by Gasteiger charge is 2.23. The van der Waals surface area contributed by atoms with E-state index in [0.717, 1.165) is 0 Å². The number of hydrogen-bond acceptors (Lipinski definition) is 4. The van der Waals surface area contributed by atoms with Crippen molar-refractivity contribution in [2.75, 3.05) is 44.9 Å². The van der Waals surface area contributed by atoms with E-state index >= 15 is 0 Å². The van der Waals surface area contributed by atoms with E-state index in [1.165, 1.54) is 12.1 Å². The third kappa shape index (κ3) is 4.36. The van der Waals surface area contributed by atoms with Gasteiger partial charge in [0.25, 0.3) is 0 Å². The Kier molecular flexibility index (Phi) is 5.90. The average Bonchev–Trinajstić information content (AvgIpc) is 2.43. The molecule has 0 radical (unpaired) electrons. The molecule has 1 aliphatic rings. The summed E-state index contributed by atoms with van der Waals surface area (Å²) >= 11 is 0. The highest BCUT2D eigenvalue weighted by Crippen LogP contribution is 2.26. The second-order valence-corrected chi connectivity index (χ2v) is 5.21. The fourth-order valence-corrected chi connectivity index (χ4v) is 2.45. The first kappa shape index (κ1) is 16.1. The summed E-state index contributed by atoms with van der Waals surface area (Å²) in [6.07, 6.45) is -0.0204. The summed E-state index contributed by atoms with van der Waals surface area (Å²) in [4.78, 5) is 1.71. The smallest absolute Gasteiger partial charge is 0.149 e. The van der Waals surface area contributed by atoms with Gasteiger partial charge >= 0.3 is 0 Å². The fraction of sp³-hybridized carbons (Fsp3) is 0.600. The summed E-state index contributed by atoms with van der Waals surface area (Å²) in [6.45, 7) is 5.01. The largest absolute Gasteiger partial charge is 0.383 e. The molecule has 2 rings (SSSR count). The van der Waals surface area contributed by atoms with Crippen molar-refractivity contribution >= 4 is 5.69 Å². The van der Waals surface area contributed by atoms with Crippen molar-refractivity contribution in [3.63, 3.8) is 0 Å². The molecule has 1 aromatic rings. The highest BCUT2D eigenvalue weighted by molar-refractivity contribution is 5.51. The van der Waals surface area contributed by atoms with E-state index in [1.54, 1.807) is 12.0 Å². The minimum Gasteiger partial charge on any atom is -0.383 e. The monoisotopic (exact) mass is 300 g/mol. The highest BCUT2D eigenvalue weighted by atomic mass is 19.1. The third-order valence-corrected chi connectivity index (χ3v) is 3.45. The van der Waals surface area contributed by atoms with Crippen LogP contribution in [0.2, 0.25) is 0 Å². The van der Waals surface area contributed by atoms with E-state index in [-0.39, 0.29) is 11.8 Å². The molecule has 6 heteroatoms. The van der Waals surface area contributed by atoms with Crippen LogP contribution in [0.15, 0.2) is 12.1 Å². The fourth-order valence-electron chi connectivity index (χ4n) is 2.45. The van der Waals surface area contributed by atoms with Crippen LogP contribution < -0.4 is 10.2 Å². The van der Waals surface area contributed by atoms with Gasteiger partial charge in [-0.05, 0) is 24.6 Å². The lowest BCUT2D eigenvalue weighted by Gasteiger charge is -2.33. The standard InChI is InChI=1S/C15H22F2N2O2/c1-11-10-19(4-6-21-11)15-13(16)7-12(8-14(15)17)9-18-3-5-20-2/h7-8,11,18H,3-6,9-10H2,1-2H3. The number of benzene rings is 1. The second-order valence-electron chi connectivity index (χ2n) is 5.21. The molecule has 1 unspecified atom stereocenters. The number of nitrogens with zero attached hydrogens (tertiary/aromatic N) is 1. The predicted molar refractivity (Wildman–Crippen MR) is 77.6 cm³/mol. The van der Waals surface area contributed by atoms with Crippen LogP contribution in [0.4, 0.5) is 14.5 Å². The maximum atomic E-state index is 14.2. The number of nitrogens with one attached hydrogen (secondary N) is 1. The molecule has 1 saturated heterocycles. The zero-order valence-electron chi connectivity index (χ0n) is 12.5. The van der Waals surface area contributed by atoms with Gasteiger partial charge in [-0.2, -0.15) is 0 Å². The van der Waals surface area contributed by atoms with Crippen LogP contribution in [0, 0.1) is 11.6 Å². The molecular formula is C15H22F2N2O2. The second kappa shape index (κ2) is 7.68. The summed E-state index contributed by atoms with van der Waals surface area (Å²) in [5.41, 5.74) is 0.636. The molecule has 4 nitrogen and oxygen atoms in total. The van der Waals surface area contributed by atoms with Crippen molar-refractivity contribution in [2.45, 2.75) is 19.6 Å². The molecule has 0 spiro atoms. The molecule has 0 amide bonds. The van der Waals surface area contributed by atoms with Crippen molar-refractivity contribution in [2.24, 2.45) is 0 Å². The molecule has 1 aliphatic heterocycles. The lowest BCUT2D eigenvalue weighted by molar-refractivity contribution is 0.0527. The van der Waals surface area contributed by atoms with Crippen LogP contribution in [0.5, 0.6) is 0 Å². The summed E-state index contributed by atoms with van der Waals surface area (Å²) in [7, 11) is 1.61. The number of halogens is 2. The zero-order valence-corrected chi connectivity index (χ0v) is 12.5. The van der Waals surface area contributed by atoms with Crippen LogP contribution >= 0.6 is 0 Å². The van der Waals surface area contributed by atoms with E-state index in [0.29, 0.717) is 45.0 Å². The number of methoxy groups -OCH3 is 1. The molecule has 1 heterocycles. The molecule has 0 bridgehead atoms. The molecule has 1 aromatic carbocycles. The van der Waals surface area contributed by atoms with Gasteiger partial charge in [-0.3, -0.25) is 0 Å². The van der Waals surface area contributed by atoms with Gasteiger partial charge in [0.1, 0.15) is 17.3 Å². The topological polar surface area (TPSA) is 33.7 Å². The maximum absolute atomic E-state index is 14.2. The number of morpholine rings is 1. The van der Waals surface area contributed by atoms with Gasteiger partial charge < -0.3 is 19.7 Å². The Hall–Kier alpha value is -1.24. The minimum absolute atomic E-state index is 0.0204. The molecule has 1 N–H and O–H groups in total. The predicted octanol–water partition coefficient (Wildman–Crippen LogP) is 1.93. The molecular weight excluding hydrogens is 278 g/mol. The van der Waals surface area contributed by atoms with Gasteiger partial charge in [-0.25, -0.2) is 8.78 Å². The SMILES string of the molecule is COCCNCc1cc(F)c(N2CCOC(C)C2)c(F)c1. The maximum Gasteiger partial charge on any atom is 0.149 e. The van der Waals surface area contributed by atoms with Gasteiger partial charge in [0.05, 0.1) is 19.3 Å². The van der Waals surface area contributed by atoms with E-state index < -0.39 is 11.6 Å². The van der Waals surface area contributed by atoms with Crippen molar-refractivity contribution in [1.82, 2.24) is 5.32 Å². The normalized spacial score (nSPS) is 19.0. The number of rotatable bonds is 6. The Morgan fingerprint density at radius 3 is 2.71 bits per heavy atom. The first-order valence-corrected chi connectivity index (χ1v) is 7.16. The Bertz CT molecular complexity index is 448. The van der Waals surface area contributed by atoms with Crippen molar-refractivity contribution in [1.29, 1.82) is 0 Å². The summed E-state index contributed by atoms with van der Waals surface area (Å²) < 4.78 is 38.8. The van der Waals surface area contributed by atoms with E-state index in [4.69, 9.17) is 9.47 Å². The number of anilines is 1. The number of ether oxygens (including phenoxy) is 2. The Balaban J connectivity index is 2.06. The van der Waals surface area contributed by atoms with Crippen LogP contribution in [-0.2, 0) is 16.0 Å². The summed E-state index contributed by atoms with van der Waals surface area (Å²) in [5.74, 6) is -1.04. The minimum atomic E-state index is -0.521. The molecule has 21 heavy (non-hydrogen) atoms. The van der Waals surface area contributed by atoms with Crippen LogP contribution in [0.25, 0.3) is 0 Å². The van der Waals surface area contributed by atoms with Crippen molar-refractivity contribution in [3.8, 4) is 0 Å². The Morgan fingerprint density at radius 2 is 2.10 bits per heavy atom. The molecule has 0 aliphatic carbocycles. The quantitative estimate of drug-likeness (QED) is 0.814. The van der Waals surface area contributed by atoms with Gasteiger partial charge in [-0.1, -0.05) is 0 Å². The Morgan fingerprint density at radius 1 is 1.38 bits per heavy atom. The molecule has 1 fully saturated rings. The van der Waals surface area contributed by atoms with Gasteiger partial charge in [-0.15, -0.1) is 0 Å². The zero-order chi connectivity index (χ0) is 15.2. The van der Waals surface area contributed by atoms with E-state index in [2.05, 4.69) is 5.32 Å². The number of hydrogen-bond donors (Lipinski definition) is 1. The first-order valence-electron chi connectivity index (χ1n) is 7.16. The summed E-state index contributed by atoms with van der Waals surface area (Å²) in [5, 5.41) is 3.07. The van der Waals surface area contributed by atoms with Crippen LogP contribution in [0.1, 0.15) is 12.5 Å². The van der Waals surface area contributed by atoms with Gasteiger partial charge in [0.15, 0.2) is 0 Å². The first-order chi connectivity index (χ1) is 10.1. The van der Waals surface area contributed by atoms with Crippen molar-refractivity contribution < 1.29 is 18.3 Å². The molecule has 118 valence electrons. The molecule has 0 aromatic heterocycles. The molecule has 0 saturated carbocycles. The van der Waals surface area contributed by atoms with Crippen LogP contribution in [-0.4, -0.2) is 46.1 Å². The third-order valence-electron chi connectivity index (χ3n) is 3.45. The molecule has 1 atom stereocenters. The van der Waals surface area contributed by atoms with E-state index in [9.17, 15) is 8.78 Å². The average molecular weight is 300 g/mol. The van der Waals surface area contributed by atoms with Gasteiger partial charge in [0.2, 0.25) is 0 Å². The summed E-state index contributed by atoms with van der Waals surface area (Å²) in [6, 6.07) is 2.77. The Labute approximate surface area is 124 Å². The van der Waals surface area contributed by atoms with Crippen LogP contribution in [0.3, 0.4) is 0 Å². The lowest BCUT2D eigenvalue weighted by Crippen LogP contribution is -2.42. The van der Waals surface area contributed by atoms with Crippen molar-refractivity contribution in [3.05, 3.63) is 29.3 Å². The lowest BCUT2D eigenvalue weighted by atomic mass is 10.1.